The number of benzene rings is 5. The molecule has 5 heteroatoms. The van der Waals surface area contributed by atoms with Crippen LogP contribution in [-0.2, 0) is 12.8 Å². The minimum Gasteiger partial charge on any atom is -0.284 e. The highest BCUT2D eigenvalue weighted by molar-refractivity contribution is 6.09. The van der Waals surface area contributed by atoms with Crippen molar-refractivity contribution in [3.05, 3.63) is 180 Å². The summed E-state index contributed by atoms with van der Waals surface area (Å²) in [5.74, 6) is 0.897. The fourth-order valence-electron chi connectivity index (χ4n) is 8.60. The average Bonchev–Trinajstić information content (AvgIpc) is 3.65. The monoisotopic (exact) mass is 707 g/mol. The number of aromatic nitrogens is 5. The maximum absolute atomic E-state index is 5.31. The lowest BCUT2D eigenvalue weighted by atomic mass is 9.89. The predicted octanol–water partition coefficient (Wildman–Crippen LogP) is 12.0. The number of aryl methyl sites for hydroxylation is 2. The summed E-state index contributed by atoms with van der Waals surface area (Å²) in [4.78, 5) is 20.8. The van der Waals surface area contributed by atoms with Gasteiger partial charge in [-0.3, -0.25) is 4.40 Å². The third-order valence-electron chi connectivity index (χ3n) is 11.5. The van der Waals surface area contributed by atoms with E-state index in [0.717, 1.165) is 80.0 Å². The summed E-state index contributed by atoms with van der Waals surface area (Å²) in [5, 5.41) is 4.65. The Labute approximate surface area is 319 Å². The van der Waals surface area contributed by atoms with Gasteiger partial charge in [0.2, 0.25) is 0 Å². The second kappa shape index (κ2) is 13.0. The van der Waals surface area contributed by atoms with Gasteiger partial charge in [0.05, 0.1) is 17.1 Å². The lowest BCUT2D eigenvalue weighted by molar-refractivity contribution is 0.686. The lowest BCUT2D eigenvalue weighted by Gasteiger charge is -2.19. The van der Waals surface area contributed by atoms with Gasteiger partial charge >= 0.3 is 0 Å². The molecule has 262 valence electrons. The van der Waals surface area contributed by atoms with Crippen molar-refractivity contribution in [3.63, 3.8) is 0 Å². The van der Waals surface area contributed by atoms with Gasteiger partial charge in [-0.2, -0.15) is 0 Å². The molecule has 0 spiro atoms. The molecule has 0 amide bonds. The quantitative estimate of drug-likeness (QED) is 0.179. The van der Waals surface area contributed by atoms with E-state index in [4.69, 9.17) is 19.9 Å². The van der Waals surface area contributed by atoms with Crippen molar-refractivity contribution in [1.29, 1.82) is 0 Å². The van der Waals surface area contributed by atoms with Crippen molar-refractivity contribution in [1.82, 2.24) is 24.3 Å². The third kappa shape index (κ3) is 5.62. The Balaban J connectivity index is 0.979. The summed E-state index contributed by atoms with van der Waals surface area (Å²) < 4.78 is 2.07. The molecule has 2 aliphatic carbocycles. The molecule has 5 nitrogen and oxygen atoms in total. The van der Waals surface area contributed by atoms with E-state index in [1.807, 2.05) is 24.4 Å². The molecule has 0 radical (unpaired) electrons. The molecule has 0 fully saturated rings. The van der Waals surface area contributed by atoms with Crippen molar-refractivity contribution in [3.8, 4) is 33.8 Å². The van der Waals surface area contributed by atoms with E-state index in [2.05, 4.69) is 138 Å². The first kappa shape index (κ1) is 31.8. The van der Waals surface area contributed by atoms with Gasteiger partial charge in [-0.1, -0.05) is 121 Å². The fraction of sp³-hybridized carbons (Fsp3) is 0.120. The zero-order chi connectivity index (χ0) is 36.3. The molecule has 5 aromatic carbocycles. The minimum absolute atomic E-state index is 0.0413. The normalized spacial score (nSPS) is 15.5. The van der Waals surface area contributed by atoms with Crippen LogP contribution in [0.1, 0.15) is 47.7 Å². The van der Waals surface area contributed by atoms with Gasteiger partial charge in [0.1, 0.15) is 17.0 Å². The van der Waals surface area contributed by atoms with Crippen LogP contribution in [0, 0.1) is 0 Å². The molecular weight excluding hydrogens is 671 g/mol. The number of pyridine rings is 2. The summed E-state index contributed by atoms with van der Waals surface area (Å²) in [7, 11) is 0. The highest BCUT2D eigenvalue weighted by Crippen LogP contribution is 2.37. The highest BCUT2D eigenvalue weighted by atomic mass is 15.1. The van der Waals surface area contributed by atoms with Crippen LogP contribution in [0.4, 0.5) is 0 Å². The van der Waals surface area contributed by atoms with Gasteiger partial charge in [-0.05, 0) is 95.5 Å². The van der Waals surface area contributed by atoms with E-state index < -0.39 is 0 Å². The molecule has 55 heavy (non-hydrogen) atoms. The van der Waals surface area contributed by atoms with Crippen molar-refractivity contribution >= 4 is 43.9 Å². The second-order valence-electron chi connectivity index (χ2n) is 14.9. The molecule has 11 rings (SSSR count). The van der Waals surface area contributed by atoms with Crippen LogP contribution in [0.25, 0.3) is 77.7 Å². The summed E-state index contributed by atoms with van der Waals surface area (Å²) in [6.45, 7) is 0. The maximum atomic E-state index is 5.31. The van der Waals surface area contributed by atoms with Gasteiger partial charge < -0.3 is 0 Å². The van der Waals surface area contributed by atoms with Crippen LogP contribution >= 0.6 is 0 Å². The molecule has 0 saturated carbocycles. The fourth-order valence-corrected chi connectivity index (χ4v) is 8.60. The van der Waals surface area contributed by atoms with E-state index in [0.29, 0.717) is 0 Å². The SMILES string of the molecule is C1=CC(c2ccc(-c3nc4c(nc5ccccn54)c4ccccc34)cc2)=CC(c2nc(-c3ccc4c(c3)CCCC4)cc(-c3ccc4ccccc4c3)n2)C1. The number of hydrogen-bond acceptors (Lipinski definition) is 4. The first-order valence-corrected chi connectivity index (χ1v) is 19.4. The Kier molecular flexibility index (Phi) is 7.51. The zero-order valence-electron chi connectivity index (χ0n) is 30.4. The van der Waals surface area contributed by atoms with Crippen molar-refractivity contribution in [2.45, 2.75) is 38.0 Å². The van der Waals surface area contributed by atoms with Gasteiger partial charge in [0.15, 0.2) is 5.65 Å². The molecular formula is C50H37N5. The minimum atomic E-state index is 0.0413. The zero-order valence-corrected chi connectivity index (χ0v) is 30.4. The summed E-state index contributed by atoms with van der Waals surface area (Å²) in [6, 6.07) is 47.7. The Bertz CT molecular complexity index is 3020. The van der Waals surface area contributed by atoms with Crippen LogP contribution in [0.3, 0.4) is 0 Å². The number of imidazole rings is 1. The van der Waals surface area contributed by atoms with E-state index in [9.17, 15) is 0 Å². The lowest BCUT2D eigenvalue weighted by Crippen LogP contribution is -2.07. The molecule has 0 aliphatic heterocycles. The van der Waals surface area contributed by atoms with Crippen LogP contribution < -0.4 is 0 Å². The number of hydrogen-bond donors (Lipinski definition) is 0. The highest BCUT2D eigenvalue weighted by Gasteiger charge is 2.21. The van der Waals surface area contributed by atoms with Crippen molar-refractivity contribution < 1.29 is 0 Å². The molecule has 4 heterocycles. The second-order valence-corrected chi connectivity index (χ2v) is 14.9. The van der Waals surface area contributed by atoms with Crippen molar-refractivity contribution in [2.24, 2.45) is 0 Å². The van der Waals surface area contributed by atoms with E-state index >= 15 is 0 Å². The van der Waals surface area contributed by atoms with E-state index in [-0.39, 0.29) is 5.92 Å². The molecule has 2 aliphatic rings. The topological polar surface area (TPSA) is 56.0 Å². The van der Waals surface area contributed by atoms with Gasteiger partial charge in [-0.25, -0.2) is 19.9 Å². The average molecular weight is 708 g/mol. The van der Waals surface area contributed by atoms with Gasteiger partial charge in [-0.15, -0.1) is 0 Å². The first-order chi connectivity index (χ1) is 27.2. The van der Waals surface area contributed by atoms with Crippen LogP contribution in [0.15, 0.2) is 158 Å². The summed E-state index contributed by atoms with van der Waals surface area (Å²) in [5.41, 5.74) is 14.2. The first-order valence-electron chi connectivity index (χ1n) is 19.4. The predicted molar refractivity (Wildman–Crippen MR) is 225 cm³/mol. The molecule has 9 aromatic rings. The Morgan fingerprint density at radius 3 is 2.13 bits per heavy atom. The molecule has 1 unspecified atom stereocenters. The molecule has 0 N–H and O–H groups in total. The van der Waals surface area contributed by atoms with Crippen molar-refractivity contribution in [2.75, 3.05) is 0 Å². The Morgan fingerprint density at radius 1 is 0.545 bits per heavy atom. The number of allylic oxidation sites excluding steroid dienone is 4. The number of nitrogens with zero attached hydrogens (tertiary/aromatic N) is 5. The van der Waals surface area contributed by atoms with Crippen LogP contribution in [0.2, 0.25) is 0 Å². The van der Waals surface area contributed by atoms with E-state index in [1.165, 1.54) is 52.3 Å². The van der Waals surface area contributed by atoms with Crippen LogP contribution in [-0.4, -0.2) is 24.3 Å². The molecule has 4 aromatic heterocycles. The Hall–Kier alpha value is -6.72. The number of rotatable bonds is 5. The van der Waals surface area contributed by atoms with Gasteiger partial charge in [0.25, 0.3) is 0 Å². The summed E-state index contributed by atoms with van der Waals surface area (Å²) >= 11 is 0. The Morgan fingerprint density at radius 2 is 1.25 bits per heavy atom. The maximum Gasteiger partial charge on any atom is 0.165 e. The third-order valence-corrected chi connectivity index (χ3v) is 11.5. The van der Waals surface area contributed by atoms with Crippen LogP contribution in [0.5, 0.6) is 0 Å². The van der Waals surface area contributed by atoms with Gasteiger partial charge in [0, 0.05) is 39.6 Å². The van der Waals surface area contributed by atoms with E-state index in [1.54, 1.807) is 0 Å². The summed E-state index contributed by atoms with van der Waals surface area (Å²) in [6.07, 6.45) is 14.6. The standard InChI is InChI=1S/C50H37N5/c1-3-12-36-28-39(25-21-32(36)10-1)44-31-45(40-26-22-33-11-2-4-13-37(33)29-40)52-49(51-44)41-15-9-14-38(30-41)34-19-23-35(24-20-34)47-42-16-5-6-17-43(42)48-50(54-47)55-27-8-7-18-46(55)53-48/h1,3,5-10,12,14,16-31,41H,2,4,11,13,15H2. The largest absolute Gasteiger partial charge is 0.284 e. The smallest absolute Gasteiger partial charge is 0.165 e. The number of fused-ring (bicyclic) bond motifs is 7. The molecule has 0 saturated heterocycles. The molecule has 0 bridgehead atoms. The molecule has 1 atom stereocenters.